The van der Waals surface area contributed by atoms with Crippen molar-refractivity contribution in [3.8, 4) is 5.75 Å². The van der Waals surface area contributed by atoms with Crippen molar-refractivity contribution in [3.63, 3.8) is 0 Å². The van der Waals surface area contributed by atoms with Gasteiger partial charge in [-0.1, -0.05) is 41.2 Å². The number of aryl methyl sites for hydroxylation is 3. The first-order valence-corrected chi connectivity index (χ1v) is 10.1. The van der Waals surface area contributed by atoms with Gasteiger partial charge < -0.3 is 10.2 Å². The molecule has 4 rings (SSSR count). The van der Waals surface area contributed by atoms with Gasteiger partial charge in [-0.25, -0.2) is 0 Å². The number of hydrogen-bond acceptors (Lipinski definition) is 7. The van der Waals surface area contributed by atoms with E-state index in [2.05, 4.69) is 10.2 Å². The zero-order valence-corrected chi connectivity index (χ0v) is 17.4. The number of nitrogens with zero attached hydrogens (tertiary/aromatic N) is 3. The first-order chi connectivity index (χ1) is 14.3. The van der Waals surface area contributed by atoms with E-state index in [1.807, 2.05) is 26.0 Å². The number of carbonyl (C=O) groups is 2. The number of amides is 1. The van der Waals surface area contributed by atoms with Crippen LogP contribution in [0.1, 0.15) is 33.3 Å². The summed E-state index contributed by atoms with van der Waals surface area (Å²) in [4.78, 5) is 27.3. The number of aliphatic hydroxyl groups is 1. The number of Topliss-reactive ketones (excluding diaryl/α,β-unsaturated/α-hetero) is 1. The van der Waals surface area contributed by atoms with Gasteiger partial charge in [0.05, 0.1) is 11.6 Å². The molecule has 0 bridgehead atoms. The first kappa shape index (κ1) is 19.8. The molecule has 1 aliphatic heterocycles. The summed E-state index contributed by atoms with van der Waals surface area (Å²) in [6, 6.07) is 10.8. The zero-order chi connectivity index (χ0) is 21.6. The second-order valence-electron chi connectivity index (χ2n) is 7.19. The Labute approximate surface area is 176 Å². The lowest BCUT2D eigenvalue weighted by molar-refractivity contribution is -0.132. The van der Waals surface area contributed by atoms with E-state index in [0.29, 0.717) is 16.1 Å². The number of ketones is 1. The molecule has 2 N–H and O–H groups in total. The fourth-order valence-electron chi connectivity index (χ4n) is 3.56. The summed E-state index contributed by atoms with van der Waals surface area (Å²) in [6.07, 6.45) is 0. The third kappa shape index (κ3) is 3.25. The third-order valence-electron chi connectivity index (χ3n) is 5.00. The van der Waals surface area contributed by atoms with Crippen LogP contribution in [0, 0.1) is 20.8 Å². The average Bonchev–Trinajstić information content (AvgIpc) is 3.24. The van der Waals surface area contributed by atoms with Gasteiger partial charge in [-0.3, -0.25) is 14.5 Å². The normalized spacial score (nSPS) is 18.2. The van der Waals surface area contributed by atoms with Gasteiger partial charge in [-0.15, -0.1) is 10.2 Å². The first-order valence-electron chi connectivity index (χ1n) is 9.25. The van der Waals surface area contributed by atoms with Gasteiger partial charge in [0.25, 0.3) is 5.78 Å². The summed E-state index contributed by atoms with van der Waals surface area (Å²) in [7, 11) is 0. The molecule has 7 nitrogen and oxygen atoms in total. The van der Waals surface area contributed by atoms with E-state index >= 15 is 0 Å². The lowest BCUT2D eigenvalue weighted by atomic mass is 9.93. The molecule has 3 aromatic rings. The van der Waals surface area contributed by atoms with Crippen LogP contribution in [0.15, 0.2) is 48.0 Å². The van der Waals surface area contributed by atoms with Crippen molar-refractivity contribution in [1.82, 2.24) is 10.2 Å². The lowest BCUT2D eigenvalue weighted by Crippen LogP contribution is -2.29. The molecule has 0 aliphatic carbocycles. The van der Waals surface area contributed by atoms with Crippen LogP contribution in [0.25, 0.3) is 5.76 Å². The van der Waals surface area contributed by atoms with E-state index in [4.69, 9.17) is 0 Å². The standard InChI is InChI=1S/C22H19N3O4S/c1-11-7-8-12(2)16(9-11)19(27)17-18(14-5-4-6-15(26)10-14)25(21(29)20(17)28)22-24-23-13(3)30-22/h4-10,18,26-27H,1-3H3/b19-17+. The molecule has 1 amide bonds. The summed E-state index contributed by atoms with van der Waals surface area (Å²) < 4.78 is 0. The number of rotatable bonds is 3. The fourth-order valence-corrected chi connectivity index (χ4v) is 4.27. The van der Waals surface area contributed by atoms with Crippen LogP contribution in [-0.4, -0.2) is 32.1 Å². The third-order valence-corrected chi connectivity index (χ3v) is 5.84. The highest BCUT2D eigenvalue weighted by molar-refractivity contribution is 7.15. The van der Waals surface area contributed by atoms with Gasteiger partial charge in [0.2, 0.25) is 5.13 Å². The maximum Gasteiger partial charge on any atom is 0.301 e. The molecule has 2 aromatic carbocycles. The van der Waals surface area contributed by atoms with E-state index in [-0.39, 0.29) is 22.2 Å². The second kappa shape index (κ2) is 7.38. The summed E-state index contributed by atoms with van der Waals surface area (Å²) in [5.74, 6) is -1.88. The van der Waals surface area contributed by atoms with Crippen molar-refractivity contribution in [2.45, 2.75) is 26.8 Å². The van der Waals surface area contributed by atoms with Crippen molar-refractivity contribution in [2.75, 3.05) is 4.90 Å². The highest BCUT2D eigenvalue weighted by Gasteiger charge is 2.48. The predicted octanol–water partition coefficient (Wildman–Crippen LogP) is 3.80. The van der Waals surface area contributed by atoms with E-state index in [9.17, 15) is 19.8 Å². The molecule has 1 atom stereocenters. The molecule has 1 fully saturated rings. The number of phenolic OH excluding ortho intramolecular Hbond substituents is 1. The Kier molecular flexibility index (Phi) is 4.87. The van der Waals surface area contributed by atoms with Gasteiger partial charge in [-0.2, -0.15) is 0 Å². The number of aromatic hydroxyl groups is 1. The molecule has 0 saturated carbocycles. The molecule has 0 radical (unpaired) electrons. The van der Waals surface area contributed by atoms with Crippen LogP contribution in [0.2, 0.25) is 0 Å². The van der Waals surface area contributed by atoms with Crippen LogP contribution >= 0.6 is 11.3 Å². The van der Waals surface area contributed by atoms with Crippen LogP contribution in [-0.2, 0) is 9.59 Å². The Morgan fingerprint density at radius 3 is 2.50 bits per heavy atom. The fraction of sp³-hybridized carbons (Fsp3) is 0.182. The number of anilines is 1. The Morgan fingerprint density at radius 2 is 1.83 bits per heavy atom. The predicted molar refractivity (Wildman–Crippen MR) is 113 cm³/mol. The number of hydrogen-bond donors (Lipinski definition) is 2. The van der Waals surface area contributed by atoms with Crippen LogP contribution in [0.4, 0.5) is 5.13 Å². The molecule has 0 spiro atoms. The smallest absolute Gasteiger partial charge is 0.301 e. The molecule has 152 valence electrons. The Morgan fingerprint density at radius 1 is 1.07 bits per heavy atom. The number of aromatic nitrogens is 2. The van der Waals surface area contributed by atoms with E-state index in [1.54, 1.807) is 25.1 Å². The summed E-state index contributed by atoms with van der Waals surface area (Å²) in [6.45, 7) is 5.45. The van der Waals surface area contributed by atoms with Crippen molar-refractivity contribution in [2.24, 2.45) is 0 Å². The molecule has 8 heteroatoms. The maximum absolute atomic E-state index is 13.1. The Hall–Kier alpha value is -3.52. The van der Waals surface area contributed by atoms with E-state index < -0.39 is 17.7 Å². The van der Waals surface area contributed by atoms with Gasteiger partial charge in [0.15, 0.2) is 0 Å². The average molecular weight is 421 g/mol. The minimum Gasteiger partial charge on any atom is -0.508 e. The Balaban J connectivity index is 1.99. The molecule has 1 aliphatic rings. The van der Waals surface area contributed by atoms with Crippen molar-refractivity contribution in [1.29, 1.82) is 0 Å². The summed E-state index contributed by atoms with van der Waals surface area (Å²) >= 11 is 1.17. The SMILES string of the molecule is Cc1ccc(C)c(/C(O)=C2\C(=O)C(=O)N(c3nnc(C)s3)C2c2cccc(O)c2)c1. The van der Waals surface area contributed by atoms with Crippen molar-refractivity contribution in [3.05, 3.63) is 75.3 Å². The van der Waals surface area contributed by atoms with E-state index in [1.165, 1.54) is 28.4 Å². The van der Waals surface area contributed by atoms with Crippen LogP contribution in [0.3, 0.4) is 0 Å². The molecule has 30 heavy (non-hydrogen) atoms. The quantitative estimate of drug-likeness (QED) is 0.379. The second-order valence-corrected chi connectivity index (χ2v) is 8.35. The van der Waals surface area contributed by atoms with Crippen LogP contribution in [0.5, 0.6) is 5.75 Å². The molecule has 1 saturated heterocycles. The number of phenols is 1. The lowest BCUT2D eigenvalue weighted by Gasteiger charge is -2.23. The van der Waals surface area contributed by atoms with Gasteiger partial charge in [0.1, 0.15) is 16.5 Å². The molecular formula is C22H19N3O4S. The van der Waals surface area contributed by atoms with Crippen molar-refractivity contribution < 1.29 is 19.8 Å². The highest BCUT2D eigenvalue weighted by atomic mass is 32.1. The molecule has 1 aromatic heterocycles. The molecular weight excluding hydrogens is 402 g/mol. The summed E-state index contributed by atoms with van der Waals surface area (Å²) in [5, 5.41) is 30.0. The van der Waals surface area contributed by atoms with Gasteiger partial charge >= 0.3 is 5.91 Å². The highest BCUT2D eigenvalue weighted by Crippen LogP contribution is 2.43. The Bertz CT molecular complexity index is 1210. The summed E-state index contributed by atoms with van der Waals surface area (Å²) in [5.41, 5.74) is 2.59. The zero-order valence-electron chi connectivity index (χ0n) is 16.6. The molecule has 2 heterocycles. The number of benzene rings is 2. The number of aliphatic hydroxyl groups excluding tert-OH is 1. The van der Waals surface area contributed by atoms with Crippen molar-refractivity contribution >= 4 is 33.9 Å². The minimum absolute atomic E-state index is 0.0155. The molecule has 1 unspecified atom stereocenters. The van der Waals surface area contributed by atoms with Gasteiger partial charge in [0, 0.05) is 5.56 Å². The number of carbonyl (C=O) groups excluding carboxylic acids is 2. The minimum atomic E-state index is -0.940. The topological polar surface area (TPSA) is 104 Å². The monoisotopic (exact) mass is 421 g/mol. The van der Waals surface area contributed by atoms with Crippen LogP contribution < -0.4 is 4.90 Å². The largest absolute Gasteiger partial charge is 0.508 e. The van der Waals surface area contributed by atoms with E-state index in [0.717, 1.165) is 11.1 Å². The van der Waals surface area contributed by atoms with Gasteiger partial charge in [-0.05, 0) is 50.1 Å². The maximum atomic E-state index is 13.1.